The number of piperidine rings is 1. The first-order valence-corrected chi connectivity index (χ1v) is 16.3. The van der Waals surface area contributed by atoms with Crippen LogP contribution in [0.15, 0.2) is 30.3 Å². The smallest absolute Gasteiger partial charge is 0.315 e. The number of urea groups is 1. The van der Waals surface area contributed by atoms with Gasteiger partial charge in [-0.1, -0.05) is 84.2 Å². The summed E-state index contributed by atoms with van der Waals surface area (Å²) in [6, 6.07) is 5.69. The number of halogens is 2. The molecule has 9 nitrogen and oxygen atoms in total. The van der Waals surface area contributed by atoms with Crippen LogP contribution < -0.4 is 21.3 Å². The van der Waals surface area contributed by atoms with Gasteiger partial charge in [-0.05, 0) is 54.4 Å². The molecule has 3 aliphatic rings. The molecule has 2 saturated carbocycles. The van der Waals surface area contributed by atoms with E-state index < -0.39 is 60.1 Å². The fraction of sp³-hybridized carbons (Fsp3) is 0.706. The number of carbonyl (C=O) groups is 4. The normalized spacial score (nSPS) is 24.6. The van der Waals surface area contributed by atoms with Gasteiger partial charge in [0.05, 0.1) is 0 Å². The van der Waals surface area contributed by atoms with E-state index in [1.165, 1.54) is 4.90 Å². The lowest BCUT2D eigenvalue weighted by Gasteiger charge is -2.39. The zero-order valence-electron chi connectivity index (χ0n) is 27.6. The number of rotatable bonds is 11. The van der Waals surface area contributed by atoms with Crippen LogP contribution in [0.4, 0.5) is 13.6 Å². The van der Waals surface area contributed by atoms with Crippen molar-refractivity contribution in [1.82, 2.24) is 26.2 Å². The molecule has 5 atom stereocenters. The van der Waals surface area contributed by atoms with Crippen molar-refractivity contribution in [1.29, 1.82) is 0 Å². The minimum atomic E-state index is -2.82. The lowest BCUT2D eigenvalue weighted by Crippen LogP contribution is -2.62. The maximum absolute atomic E-state index is 14.2. The molecule has 250 valence electrons. The van der Waals surface area contributed by atoms with E-state index in [9.17, 15) is 28.0 Å². The standard InChI is InChI=1S/C34H51F2N5O4/c1-32(2,3)27(39-31(45)40-34(6)16-11-8-12-17-34)30(44)41-20-22-25(33(22,4)5)26(41)29(43)38-23(19-24(35)36)28(42)37-18-15-21-13-9-7-10-14-21/h7,9-10,13-14,22-27H,8,11-12,15-20H2,1-6H3,(H,37,42)(H,38,43)(H2,39,40,45)/t22?,23?,25?,26-,27+/m0/s1. The summed E-state index contributed by atoms with van der Waals surface area (Å²) >= 11 is 0. The highest BCUT2D eigenvalue weighted by Gasteiger charge is 2.70. The Labute approximate surface area is 266 Å². The number of hydrogen-bond donors (Lipinski definition) is 4. The molecule has 0 radical (unpaired) electrons. The van der Waals surface area contributed by atoms with Gasteiger partial charge in [0.25, 0.3) is 0 Å². The fourth-order valence-electron chi connectivity index (χ4n) is 7.29. The Balaban J connectivity index is 1.47. The van der Waals surface area contributed by atoms with Crippen LogP contribution in [0.1, 0.15) is 85.6 Å². The molecule has 0 bridgehead atoms. The number of carbonyl (C=O) groups excluding carboxylic acids is 4. The second kappa shape index (κ2) is 13.6. The molecular formula is C34H51F2N5O4. The lowest BCUT2D eigenvalue weighted by atomic mass is 9.83. The molecule has 1 aromatic rings. The maximum atomic E-state index is 14.2. The molecule has 3 fully saturated rings. The minimum absolute atomic E-state index is 0.0426. The zero-order valence-corrected chi connectivity index (χ0v) is 27.6. The minimum Gasteiger partial charge on any atom is -0.354 e. The maximum Gasteiger partial charge on any atom is 0.315 e. The van der Waals surface area contributed by atoms with E-state index in [-0.39, 0.29) is 29.3 Å². The van der Waals surface area contributed by atoms with Gasteiger partial charge in [0.1, 0.15) is 18.1 Å². The van der Waals surface area contributed by atoms with E-state index >= 15 is 0 Å². The van der Waals surface area contributed by atoms with E-state index in [1.54, 1.807) is 0 Å². The number of hydrogen-bond acceptors (Lipinski definition) is 4. The Morgan fingerprint density at radius 3 is 2.22 bits per heavy atom. The number of benzene rings is 1. The Kier molecular flexibility index (Phi) is 10.5. The third-order valence-corrected chi connectivity index (χ3v) is 10.1. The summed E-state index contributed by atoms with van der Waals surface area (Å²) in [7, 11) is 0. The largest absolute Gasteiger partial charge is 0.354 e. The Bertz CT molecular complexity index is 1230. The molecule has 5 amide bonds. The number of alkyl halides is 2. The zero-order chi connectivity index (χ0) is 33.2. The van der Waals surface area contributed by atoms with Crippen LogP contribution in [0.3, 0.4) is 0 Å². The quantitative estimate of drug-likeness (QED) is 0.289. The lowest BCUT2D eigenvalue weighted by molar-refractivity contribution is -0.144. The van der Waals surface area contributed by atoms with E-state index in [0.29, 0.717) is 13.0 Å². The molecule has 1 aliphatic heterocycles. The van der Waals surface area contributed by atoms with E-state index in [0.717, 1.165) is 37.7 Å². The van der Waals surface area contributed by atoms with Gasteiger partial charge in [-0.15, -0.1) is 0 Å². The van der Waals surface area contributed by atoms with Gasteiger partial charge in [-0.25, -0.2) is 13.6 Å². The van der Waals surface area contributed by atoms with Crippen LogP contribution in [0.2, 0.25) is 0 Å². The Hall–Kier alpha value is -3.24. The molecule has 4 rings (SSSR count). The molecule has 0 aromatic heterocycles. The van der Waals surface area contributed by atoms with Crippen molar-refractivity contribution >= 4 is 23.8 Å². The van der Waals surface area contributed by atoms with Crippen molar-refractivity contribution in [3.63, 3.8) is 0 Å². The van der Waals surface area contributed by atoms with Crippen LogP contribution in [-0.4, -0.2) is 71.8 Å². The van der Waals surface area contributed by atoms with E-state index in [1.807, 2.05) is 71.9 Å². The van der Waals surface area contributed by atoms with Crippen molar-refractivity contribution in [3.8, 4) is 0 Å². The van der Waals surface area contributed by atoms with Crippen molar-refractivity contribution in [2.45, 2.75) is 117 Å². The first-order chi connectivity index (χ1) is 21.0. The molecule has 11 heteroatoms. The summed E-state index contributed by atoms with van der Waals surface area (Å²) in [5.74, 6) is -1.86. The fourth-order valence-corrected chi connectivity index (χ4v) is 7.29. The second-order valence-electron chi connectivity index (χ2n) is 15.1. The monoisotopic (exact) mass is 631 g/mol. The summed E-state index contributed by atoms with van der Waals surface area (Å²) in [6.07, 6.45) is 1.76. The van der Waals surface area contributed by atoms with E-state index in [2.05, 4.69) is 21.3 Å². The first-order valence-electron chi connectivity index (χ1n) is 16.3. The van der Waals surface area contributed by atoms with E-state index in [4.69, 9.17) is 0 Å². The molecule has 1 saturated heterocycles. The summed E-state index contributed by atoms with van der Waals surface area (Å²) in [6.45, 7) is 12.2. The van der Waals surface area contributed by atoms with Crippen LogP contribution in [0.25, 0.3) is 0 Å². The number of fused-ring (bicyclic) bond motifs is 1. The SMILES string of the molecule is CC1(NC(=O)N[C@H](C(=O)N2CC3C([C@H]2C(=O)NC(CC(F)F)C(=O)NCCc2ccccc2)C3(C)C)C(C)(C)C)CCCCC1. The van der Waals surface area contributed by atoms with Gasteiger partial charge in [-0.2, -0.15) is 0 Å². The van der Waals surface area contributed by atoms with Gasteiger partial charge >= 0.3 is 6.03 Å². The molecule has 45 heavy (non-hydrogen) atoms. The number of nitrogens with one attached hydrogen (secondary N) is 4. The molecule has 1 heterocycles. The Morgan fingerprint density at radius 2 is 1.62 bits per heavy atom. The molecule has 3 unspecified atom stereocenters. The van der Waals surface area contributed by atoms with Gasteiger partial charge in [-0.3, -0.25) is 14.4 Å². The highest BCUT2D eigenvalue weighted by atomic mass is 19.3. The summed E-state index contributed by atoms with van der Waals surface area (Å²) in [5.41, 5.74) is -0.274. The van der Waals surface area contributed by atoms with Crippen molar-refractivity contribution in [3.05, 3.63) is 35.9 Å². The van der Waals surface area contributed by atoms with Crippen molar-refractivity contribution in [2.24, 2.45) is 22.7 Å². The van der Waals surface area contributed by atoms with Gasteiger partial charge in [0.2, 0.25) is 24.1 Å². The van der Waals surface area contributed by atoms with Crippen molar-refractivity contribution < 1.29 is 28.0 Å². The summed E-state index contributed by atoms with van der Waals surface area (Å²) in [4.78, 5) is 55.7. The summed E-state index contributed by atoms with van der Waals surface area (Å²) in [5, 5.41) is 11.2. The predicted molar refractivity (Wildman–Crippen MR) is 168 cm³/mol. The highest BCUT2D eigenvalue weighted by Crippen LogP contribution is 2.65. The summed E-state index contributed by atoms with van der Waals surface area (Å²) < 4.78 is 27.2. The topological polar surface area (TPSA) is 120 Å². The Morgan fingerprint density at radius 1 is 0.978 bits per heavy atom. The van der Waals surface area contributed by atoms with Gasteiger partial charge < -0.3 is 26.2 Å². The van der Waals surface area contributed by atoms with Crippen molar-refractivity contribution in [2.75, 3.05) is 13.1 Å². The number of nitrogens with zero attached hydrogens (tertiary/aromatic N) is 1. The van der Waals surface area contributed by atoms with Gasteiger partial charge in [0.15, 0.2) is 0 Å². The molecule has 0 spiro atoms. The van der Waals surface area contributed by atoms with Crippen LogP contribution in [0, 0.1) is 22.7 Å². The highest BCUT2D eigenvalue weighted by molar-refractivity contribution is 5.95. The molecule has 4 N–H and O–H groups in total. The third-order valence-electron chi connectivity index (χ3n) is 10.1. The van der Waals surface area contributed by atoms with Crippen LogP contribution in [0.5, 0.6) is 0 Å². The molecular weight excluding hydrogens is 580 g/mol. The number of likely N-dealkylation sites (tertiary alicyclic amines) is 1. The van der Waals surface area contributed by atoms with Crippen LogP contribution >= 0.6 is 0 Å². The van der Waals surface area contributed by atoms with Gasteiger partial charge in [0, 0.05) is 25.0 Å². The predicted octanol–water partition coefficient (Wildman–Crippen LogP) is 4.41. The van der Waals surface area contributed by atoms with Crippen LogP contribution in [-0.2, 0) is 20.8 Å². The second-order valence-corrected chi connectivity index (χ2v) is 15.1. The average Bonchev–Trinajstić information content (AvgIpc) is 3.27. The number of amides is 5. The molecule has 1 aromatic carbocycles. The third kappa shape index (κ3) is 8.33. The molecule has 2 aliphatic carbocycles. The first kappa shape index (κ1) is 34.6. The average molecular weight is 632 g/mol.